The van der Waals surface area contributed by atoms with Crippen molar-refractivity contribution in [3.05, 3.63) is 59.2 Å². The van der Waals surface area contributed by atoms with Crippen LogP contribution in [0.25, 0.3) is 0 Å². The second-order valence-electron chi connectivity index (χ2n) is 6.21. The largest absolute Gasteiger partial charge is 0.497 e. The number of aliphatic hydroxyl groups excluding tert-OH is 1. The Hall–Kier alpha value is -2.04. The minimum absolute atomic E-state index is 0.539. The molecule has 2 aromatic carbocycles. The van der Waals surface area contributed by atoms with Crippen molar-refractivity contribution in [3.8, 4) is 11.5 Å². The predicted octanol–water partition coefficient (Wildman–Crippen LogP) is 3.19. The number of hydrogen-bond donors (Lipinski definition) is 1. The van der Waals surface area contributed by atoms with E-state index in [4.69, 9.17) is 9.47 Å². The van der Waals surface area contributed by atoms with E-state index in [2.05, 4.69) is 29.2 Å². The maximum Gasteiger partial charge on any atom is 0.128 e. The van der Waals surface area contributed by atoms with Gasteiger partial charge in [-0.25, -0.2) is 0 Å². The van der Waals surface area contributed by atoms with Gasteiger partial charge in [0.25, 0.3) is 0 Å². The van der Waals surface area contributed by atoms with Gasteiger partial charge in [0.15, 0.2) is 0 Å². The molecule has 128 valence electrons. The van der Waals surface area contributed by atoms with Crippen molar-refractivity contribution in [2.75, 3.05) is 27.3 Å². The van der Waals surface area contributed by atoms with E-state index < -0.39 is 6.10 Å². The van der Waals surface area contributed by atoms with Crippen molar-refractivity contribution in [3.63, 3.8) is 0 Å². The van der Waals surface area contributed by atoms with E-state index in [9.17, 15) is 5.11 Å². The fourth-order valence-electron chi connectivity index (χ4n) is 3.30. The molecule has 1 atom stereocenters. The molecule has 4 nitrogen and oxygen atoms in total. The third-order valence-electron chi connectivity index (χ3n) is 4.73. The van der Waals surface area contributed by atoms with Gasteiger partial charge in [-0.05, 0) is 36.1 Å². The summed E-state index contributed by atoms with van der Waals surface area (Å²) < 4.78 is 10.6. The smallest absolute Gasteiger partial charge is 0.128 e. The van der Waals surface area contributed by atoms with Crippen LogP contribution in [0.1, 0.15) is 29.2 Å². The van der Waals surface area contributed by atoms with E-state index in [0.717, 1.165) is 37.4 Å². The summed E-state index contributed by atoms with van der Waals surface area (Å²) in [6.45, 7) is 2.87. The zero-order valence-corrected chi connectivity index (χ0v) is 14.4. The first-order chi connectivity index (χ1) is 11.7. The normalized spacial score (nSPS) is 15.6. The molecule has 1 aliphatic heterocycles. The Kier molecular flexibility index (Phi) is 5.38. The van der Waals surface area contributed by atoms with Crippen LogP contribution in [-0.4, -0.2) is 37.3 Å². The van der Waals surface area contributed by atoms with Gasteiger partial charge in [-0.3, -0.25) is 4.90 Å². The molecule has 1 aliphatic rings. The molecular formula is C20H25NO3. The highest BCUT2D eigenvalue weighted by molar-refractivity contribution is 5.42. The summed E-state index contributed by atoms with van der Waals surface area (Å²) in [6, 6.07) is 14.2. The van der Waals surface area contributed by atoms with Crippen molar-refractivity contribution in [1.29, 1.82) is 0 Å². The molecule has 24 heavy (non-hydrogen) atoms. The molecule has 3 rings (SSSR count). The third kappa shape index (κ3) is 3.71. The Labute approximate surface area is 143 Å². The van der Waals surface area contributed by atoms with Crippen molar-refractivity contribution >= 4 is 0 Å². The fraction of sp³-hybridized carbons (Fsp3) is 0.400. The molecule has 0 saturated heterocycles. The number of nitrogens with zero attached hydrogens (tertiary/aromatic N) is 1. The number of rotatable bonds is 6. The first-order valence-electron chi connectivity index (χ1n) is 8.40. The number of aliphatic hydroxyl groups is 1. The summed E-state index contributed by atoms with van der Waals surface area (Å²) in [4.78, 5) is 2.40. The van der Waals surface area contributed by atoms with Gasteiger partial charge < -0.3 is 14.6 Å². The van der Waals surface area contributed by atoms with E-state index in [1.165, 1.54) is 11.1 Å². The van der Waals surface area contributed by atoms with E-state index in [1.807, 2.05) is 18.2 Å². The Morgan fingerprint density at radius 3 is 2.62 bits per heavy atom. The van der Waals surface area contributed by atoms with E-state index in [1.54, 1.807) is 14.2 Å². The quantitative estimate of drug-likeness (QED) is 0.885. The molecular weight excluding hydrogens is 302 g/mol. The van der Waals surface area contributed by atoms with Gasteiger partial charge in [-0.2, -0.15) is 0 Å². The minimum Gasteiger partial charge on any atom is -0.497 e. The van der Waals surface area contributed by atoms with Gasteiger partial charge in [0.2, 0.25) is 0 Å². The average Bonchev–Trinajstić information content (AvgIpc) is 2.65. The topological polar surface area (TPSA) is 41.9 Å². The van der Waals surface area contributed by atoms with Crippen LogP contribution in [0.2, 0.25) is 0 Å². The maximum atomic E-state index is 10.6. The Balaban J connectivity index is 1.61. The zero-order valence-electron chi connectivity index (χ0n) is 14.4. The molecule has 1 unspecified atom stereocenters. The van der Waals surface area contributed by atoms with Crippen LogP contribution in [0.4, 0.5) is 0 Å². The van der Waals surface area contributed by atoms with Gasteiger partial charge in [0.1, 0.15) is 11.5 Å². The molecule has 0 radical (unpaired) electrons. The Bertz CT molecular complexity index is 686. The van der Waals surface area contributed by atoms with Crippen LogP contribution in [0.3, 0.4) is 0 Å². The summed E-state index contributed by atoms with van der Waals surface area (Å²) in [7, 11) is 3.24. The lowest BCUT2D eigenvalue weighted by Gasteiger charge is -2.29. The van der Waals surface area contributed by atoms with Crippen molar-refractivity contribution in [2.24, 2.45) is 0 Å². The fourth-order valence-corrected chi connectivity index (χ4v) is 3.30. The summed E-state index contributed by atoms with van der Waals surface area (Å²) in [5, 5.41) is 10.6. The van der Waals surface area contributed by atoms with E-state index in [0.29, 0.717) is 12.2 Å². The van der Waals surface area contributed by atoms with Crippen molar-refractivity contribution in [2.45, 2.75) is 25.5 Å². The highest BCUT2D eigenvalue weighted by Crippen LogP contribution is 2.31. The molecule has 1 N–H and O–H groups in total. The van der Waals surface area contributed by atoms with Crippen LogP contribution in [0, 0.1) is 0 Å². The molecule has 0 bridgehead atoms. The number of benzene rings is 2. The second kappa shape index (κ2) is 7.69. The molecule has 0 amide bonds. The van der Waals surface area contributed by atoms with Gasteiger partial charge in [0, 0.05) is 31.3 Å². The molecule has 0 saturated carbocycles. The van der Waals surface area contributed by atoms with Crippen LogP contribution in [0.5, 0.6) is 11.5 Å². The molecule has 2 aromatic rings. The van der Waals surface area contributed by atoms with Crippen molar-refractivity contribution in [1.82, 2.24) is 4.90 Å². The summed E-state index contributed by atoms with van der Waals surface area (Å²) in [5.74, 6) is 1.40. The number of fused-ring (bicyclic) bond motifs is 1. The molecule has 0 aliphatic carbocycles. The number of ether oxygens (including phenoxy) is 2. The first-order valence-corrected chi connectivity index (χ1v) is 8.40. The molecule has 0 aromatic heterocycles. The monoisotopic (exact) mass is 327 g/mol. The van der Waals surface area contributed by atoms with Crippen LogP contribution < -0.4 is 9.47 Å². The first kappa shape index (κ1) is 16.8. The standard InChI is InChI=1S/C20H25NO3/c1-23-17-7-8-18(20(13-17)24-2)19(22)10-12-21-11-9-15-5-3-4-6-16(15)14-21/h3-8,13,19,22H,9-12,14H2,1-2H3. The Morgan fingerprint density at radius 2 is 1.88 bits per heavy atom. The molecule has 1 heterocycles. The number of methoxy groups -OCH3 is 2. The van der Waals surface area contributed by atoms with Gasteiger partial charge in [-0.15, -0.1) is 0 Å². The summed E-state index contributed by atoms with van der Waals surface area (Å²) >= 11 is 0. The summed E-state index contributed by atoms with van der Waals surface area (Å²) in [5.41, 5.74) is 3.67. The summed E-state index contributed by atoms with van der Waals surface area (Å²) in [6.07, 6.45) is 1.23. The van der Waals surface area contributed by atoms with Gasteiger partial charge in [0.05, 0.1) is 20.3 Å². The van der Waals surface area contributed by atoms with Crippen LogP contribution in [-0.2, 0) is 13.0 Å². The highest BCUT2D eigenvalue weighted by atomic mass is 16.5. The zero-order chi connectivity index (χ0) is 16.9. The predicted molar refractivity (Wildman–Crippen MR) is 94.5 cm³/mol. The van der Waals surface area contributed by atoms with E-state index >= 15 is 0 Å². The lowest BCUT2D eigenvalue weighted by molar-refractivity contribution is 0.134. The van der Waals surface area contributed by atoms with Crippen LogP contribution >= 0.6 is 0 Å². The highest BCUT2D eigenvalue weighted by Gasteiger charge is 2.19. The molecule has 4 heteroatoms. The molecule has 0 spiro atoms. The van der Waals surface area contributed by atoms with Crippen LogP contribution in [0.15, 0.2) is 42.5 Å². The van der Waals surface area contributed by atoms with Gasteiger partial charge >= 0.3 is 0 Å². The minimum atomic E-state index is -0.539. The lowest BCUT2D eigenvalue weighted by atomic mass is 9.99. The van der Waals surface area contributed by atoms with Gasteiger partial charge in [-0.1, -0.05) is 24.3 Å². The van der Waals surface area contributed by atoms with E-state index in [-0.39, 0.29) is 0 Å². The maximum absolute atomic E-state index is 10.6. The SMILES string of the molecule is COc1ccc(C(O)CCN2CCc3ccccc3C2)c(OC)c1. The Morgan fingerprint density at radius 1 is 1.08 bits per heavy atom. The average molecular weight is 327 g/mol. The third-order valence-corrected chi connectivity index (χ3v) is 4.73. The second-order valence-corrected chi connectivity index (χ2v) is 6.21. The van der Waals surface area contributed by atoms with Crippen molar-refractivity contribution < 1.29 is 14.6 Å². The number of hydrogen-bond acceptors (Lipinski definition) is 4. The lowest BCUT2D eigenvalue weighted by Crippen LogP contribution is -2.32. The molecule has 0 fully saturated rings.